The highest BCUT2D eigenvalue weighted by atomic mass is 127. The molecule has 0 aliphatic heterocycles. The summed E-state index contributed by atoms with van der Waals surface area (Å²) in [5.41, 5.74) is 2.15. The van der Waals surface area contributed by atoms with Gasteiger partial charge in [-0.3, -0.25) is 4.79 Å². The maximum atomic E-state index is 11.3. The van der Waals surface area contributed by atoms with Crippen LogP contribution in [0.2, 0.25) is 0 Å². The van der Waals surface area contributed by atoms with Crippen LogP contribution in [0.3, 0.4) is 0 Å². The van der Waals surface area contributed by atoms with Gasteiger partial charge in [0.2, 0.25) is 0 Å². The largest absolute Gasteiger partial charge is 0.361 e. The fourth-order valence-electron chi connectivity index (χ4n) is 1.16. The molecule has 1 N–H and O–H groups in total. The van der Waals surface area contributed by atoms with Crippen LogP contribution in [0.5, 0.6) is 0 Å². The Morgan fingerprint density at radius 3 is 2.83 bits per heavy atom. The first-order valence-corrected chi connectivity index (χ1v) is 5.11. The second kappa shape index (κ2) is 4.07. The van der Waals surface area contributed by atoms with Crippen molar-refractivity contribution in [3.8, 4) is 0 Å². The van der Waals surface area contributed by atoms with Crippen LogP contribution in [0.15, 0.2) is 10.9 Å². The summed E-state index contributed by atoms with van der Waals surface area (Å²) >= 11 is 2.10. The van der Waals surface area contributed by atoms with Crippen LogP contribution in [0.4, 0.5) is 0 Å². The lowest BCUT2D eigenvalue weighted by Gasteiger charge is -2.03. The summed E-state index contributed by atoms with van der Waals surface area (Å²) in [5, 5.41) is 0. The molecular weight excluding hydrogens is 265 g/mol. The number of pyridine rings is 1. The lowest BCUT2D eigenvalue weighted by Crippen LogP contribution is -2.11. The summed E-state index contributed by atoms with van der Waals surface area (Å²) in [6, 6.07) is 1.64. The van der Waals surface area contributed by atoms with Crippen molar-refractivity contribution in [3.63, 3.8) is 0 Å². The molecule has 0 radical (unpaired) electrons. The van der Waals surface area contributed by atoms with Gasteiger partial charge >= 0.3 is 0 Å². The number of hydrogen-bond acceptors (Lipinski definition) is 1. The zero-order chi connectivity index (χ0) is 9.14. The van der Waals surface area contributed by atoms with E-state index in [1.807, 2.05) is 6.92 Å². The van der Waals surface area contributed by atoms with E-state index >= 15 is 0 Å². The number of aromatic nitrogens is 1. The molecule has 0 fully saturated rings. The summed E-state index contributed by atoms with van der Waals surface area (Å²) in [7, 11) is 0. The van der Waals surface area contributed by atoms with E-state index in [-0.39, 0.29) is 5.43 Å². The third-order valence-electron chi connectivity index (χ3n) is 1.68. The van der Waals surface area contributed by atoms with Gasteiger partial charge in [-0.2, -0.15) is 0 Å². The van der Waals surface area contributed by atoms with Gasteiger partial charge in [0, 0.05) is 17.5 Å². The van der Waals surface area contributed by atoms with Gasteiger partial charge < -0.3 is 4.98 Å². The molecule has 12 heavy (non-hydrogen) atoms. The van der Waals surface area contributed by atoms with E-state index in [1.54, 1.807) is 6.07 Å². The van der Waals surface area contributed by atoms with Crippen LogP contribution in [0.25, 0.3) is 0 Å². The molecule has 1 heterocycles. The van der Waals surface area contributed by atoms with Crippen LogP contribution in [0.1, 0.15) is 24.7 Å². The number of aromatic amines is 1. The molecule has 0 unspecified atom stereocenters. The maximum absolute atomic E-state index is 11.3. The Kier molecular flexibility index (Phi) is 3.31. The molecule has 1 aromatic rings. The van der Waals surface area contributed by atoms with Crippen LogP contribution in [-0.2, 0) is 6.42 Å². The molecule has 66 valence electrons. The van der Waals surface area contributed by atoms with E-state index in [9.17, 15) is 4.79 Å². The summed E-state index contributed by atoms with van der Waals surface area (Å²) in [6.07, 6.45) is 2.02. The number of H-pyrrole nitrogens is 1. The molecule has 0 saturated heterocycles. The summed E-state index contributed by atoms with van der Waals surface area (Å²) in [6.45, 7) is 4.02. The SMILES string of the molecule is CCCc1[nH]c(C)cc(=O)c1I. The number of hydrogen-bond donors (Lipinski definition) is 1. The van der Waals surface area contributed by atoms with Crippen molar-refractivity contribution in [1.82, 2.24) is 4.98 Å². The molecule has 0 amide bonds. The quantitative estimate of drug-likeness (QED) is 0.826. The molecule has 2 nitrogen and oxygen atoms in total. The van der Waals surface area contributed by atoms with Gasteiger partial charge in [-0.15, -0.1) is 0 Å². The topological polar surface area (TPSA) is 32.9 Å². The molecule has 0 aliphatic carbocycles. The van der Waals surface area contributed by atoms with Crippen molar-refractivity contribution in [2.75, 3.05) is 0 Å². The second-order valence-electron chi connectivity index (χ2n) is 2.86. The van der Waals surface area contributed by atoms with Crippen LogP contribution < -0.4 is 5.43 Å². The van der Waals surface area contributed by atoms with Gasteiger partial charge in [-0.25, -0.2) is 0 Å². The monoisotopic (exact) mass is 277 g/mol. The number of aryl methyl sites for hydroxylation is 2. The summed E-state index contributed by atoms with van der Waals surface area (Å²) in [4.78, 5) is 14.5. The lowest BCUT2D eigenvalue weighted by atomic mass is 10.2. The first-order chi connectivity index (χ1) is 5.65. The van der Waals surface area contributed by atoms with Crippen LogP contribution in [0, 0.1) is 10.5 Å². The molecule has 0 bridgehead atoms. The first-order valence-electron chi connectivity index (χ1n) is 4.03. The van der Waals surface area contributed by atoms with E-state index in [4.69, 9.17) is 0 Å². The Balaban J connectivity index is 3.18. The van der Waals surface area contributed by atoms with Gasteiger partial charge in [0.25, 0.3) is 0 Å². The Morgan fingerprint density at radius 2 is 2.25 bits per heavy atom. The molecule has 1 aromatic heterocycles. The minimum atomic E-state index is 0.135. The van der Waals surface area contributed by atoms with E-state index in [0.717, 1.165) is 27.8 Å². The molecule has 0 aliphatic rings. The normalized spacial score (nSPS) is 10.2. The predicted octanol–water partition coefficient (Wildman–Crippen LogP) is 2.24. The molecule has 3 heteroatoms. The van der Waals surface area contributed by atoms with Crippen molar-refractivity contribution in [1.29, 1.82) is 0 Å². The fourth-order valence-corrected chi connectivity index (χ4v) is 1.72. The zero-order valence-corrected chi connectivity index (χ0v) is 9.44. The fraction of sp³-hybridized carbons (Fsp3) is 0.444. The molecule has 0 saturated carbocycles. The minimum absolute atomic E-state index is 0.135. The highest BCUT2D eigenvalue weighted by Gasteiger charge is 2.03. The van der Waals surface area contributed by atoms with Crippen molar-refractivity contribution in [2.45, 2.75) is 26.7 Å². The van der Waals surface area contributed by atoms with Gasteiger partial charge in [0.15, 0.2) is 5.43 Å². The van der Waals surface area contributed by atoms with Crippen molar-refractivity contribution < 1.29 is 0 Å². The Labute approximate surface area is 85.5 Å². The van der Waals surface area contributed by atoms with E-state index in [1.165, 1.54) is 0 Å². The molecular formula is C9H12INO. The van der Waals surface area contributed by atoms with Crippen molar-refractivity contribution >= 4 is 22.6 Å². The average Bonchev–Trinajstić information content (AvgIpc) is 2.00. The van der Waals surface area contributed by atoms with E-state index < -0.39 is 0 Å². The number of nitrogens with one attached hydrogen (secondary N) is 1. The second-order valence-corrected chi connectivity index (χ2v) is 3.94. The number of rotatable bonds is 2. The van der Waals surface area contributed by atoms with Crippen molar-refractivity contribution in [2.24, 2.45) is 0 Å². The van der Waals surface area contributed by atoms with Gasteiger partial charge in [0.1, 0.15) is 0 Å². The van der Waals surface area contributed by atoms with Gasteiger partial charge in [0.05, 0.1) is 3.57 Å². The highest BCUT2D eigenvalue weighted by Crippen LogP contribution is 2.07. The first kappa shape index (κ1) is 9.77. The summed E-state index contributed by atoms with van der Waals surface area (Å²) in [5.74, 6) is 0. The third kappa shape index (κ3) is 2.09. The Bertz CT molecular complexity index is 330. The molecule has 0 aromatic carbocycles. The van der Waals surface area contributed by atoms with Crippen LogP contribution >= 0.6 is 22.6 Å². The predicted molar refractivity (Wildman–Crippen MR) is 58.5 cm³/mol. The molecule has 1 rings (SSSR count). The Morgan fingerprint density at radius 1 is 1.58 bits per heavy atom. The maximum Gasteiger partial charge on any atom is 0.195 e. The zero-order valence-electron chi connectivity index (χ0n) is 7.28. The highest BCUT2D eigenvalue weighted by molar-refractivity contribution is 14.1. The number of halogens is 1. The average molecular weight is 277 g/mol. The van der Waals surface area contributed by atoms with E-state index in [0.29, 0.717) is 0 Å². The van der Waals surface area contributed by atoms with E-state index in [2.05, 4.69) is 34.5 Å². The molecule has 0 atom stereocenters. The van der Waals surface area contributed by atoms with Crippen LogP contribution in [-0.4, -0.2) is 4.98 Å². The van der Waals surface area contributed by atoms with Gasteiger partial charge in [-0.1, -0.05) is 13.3 Å². The standard InChI is InChI=1S/C9H12INO/c1-3-4-7-9(10)8(12)5-6(2)11-7/h5H,3-4H2,1-2H3,(H,11,12). The van der Waals surface area contributed by atoms with Gasteiger partial charge in [-0.05, 0) is 35.9 Å². The third-order valence-corrected chi connectivity index (χ3v) is 2.86. The molecule has 0 spiro atoms. The van der Waals surface area contributed by atoms with Crippen molar-refractivity contribution in [3.05, 3.63) is 31.2 Å². The Hall–Kier alpha value is -0.320. The lowest BCUT2D eigenvalue weighted by molar-refractivity contribution is 0.863. The minimum Gasteiger partial charge on any atom is -0.361 e. The summed E-state index contributed by atoms with van der Waals surface area (Å²) < 4.78 is 0.833. The smallest absolute Gasteiger partial charge is 0.195 e.